The minimum Gasteiger partial charge on any atom is -0.291 e. The number of nitrogens with one attached hydrogen (secondary N) is 1. The normalized spacial score (nSPS) is 18.6. The Bertz CT molecular complexity index is 688. The summed E-state index contributed by atoms with van der Waals surface area (Å²) in [6.45, 7) is 5.88. The van der Waals surface area contributed by atoms with Gasteiger partial charge in [-0.1, -0.05) is 31.5 Å². The molecular weight excluding hydrogens is 349 g/mol. The molecule has 0 saturated carbocycles. The minimum absolute atomic E-state index is 0.0313. The van der Waals surface area contributed by atoms with Gasteiger partial charge in [0, 0.05) is 12.0 Å². The van der Waals surface area contributed by atoms with Gasteiger partial charge in [-0.2, -0.15) is 13.2 Å². The number of rotatable bonds is 4. The van der Waals surface area contributed by atoms with E-state index in [1.54, 1.807) is 6.26 Å². The highest BCUT2D eigenvalue weighted by Gasteiger charge is 2.46. The number of halogens is 3. The predicted molar refractivity (Wildman–Crippen MR) is 95.2 cm³/mol. The van der Waals surface area contributed by atoms with Gasteiger partial charge < -0.3 is 0 Å². The Hall–Kier alpha value is -1.63. The lowest BCUT2D eigenvalue weighted by Gasteiger charge is -2.36. The van der Waals surface area contributed by atoms with Crippen LogP contribution in [-0.4, -0.2) is 30.4 Å². The summed E-state index contributed by atoms with van der Waals surface area (Å²) in [5.74, 6) is -1.30. The van der Waals surface area contributed by atoms with Gasteiger partial charge in [-0.15, -0.1) is 11.8 Å². The molecule has 1 N–H and O–H groups in total. The van der Waals surface area contributed by atoms with Crippen molar-refractivity contribution in [2.45, 2.75) is 45.7 Å². The van der Waals surface area contributed by atoms with E-state index in [2.05, 4.69) is 5.43 Å². The molecule has 1 heterocycles. The zero-order valence-electron chi connectivity index (χ0n) is 15.0. The molecule has 1 aliphatic heterocycles. The molecule has 0 fully saturated rings. The molecule has 1 amide bonds. The number of aryl methyl sites for hydroxylation is 3. The van der Waals surface area contributed by atoms with Crippen molar-refractivity contribution in [3.8, 4) is 0 Å². The summed E-state index contributed by atoms with van der Waals surface area (Å²) in [6, 6.07) is 3.93. The van der Waals surface area contributed by atoms with Crippen LogP contribution in [0.1, 0.15) is 42.0 Å². The summed E-state index contributed by atoms with van der Waals surface area (Å²) in [5.41, 5.74) is 4.99. The first-order valence-electron chi connectivity index (χ1n) is 8.17. The molecular formula is C18H23F3N2OS. The van der Waals surface area contributed by atoms with E-state index in [1.807, 2.05) is 32.9 Å². The van der Waals surface area contributed by atoms with Crippen LogP contribution in [0.25, 0.3) is 0 Å². The van der Waals surface area contributed by atoms with Crippen LogP contribution < -0.4 is 5.43 Å². The monoisotopic (exact) mass is 372 g/mol. The number of allylic oxidation sites excluding steroid dienone is 1. The lowest BCUT2D eigenvalue weighted by Crippen LogP contribution is -2.50. The second kappa shape index (κ2) is 7.32. The van der Waals surface area contributed by atoms with Crippen LogP contribution in [0.5, 0.6) is 0 Å². The molecule has 0 aliphatic carbocycles. The highest BCUT2D eigenvalue weighted by molar-refractivity contribution is 8.02. The fourth-order valence-corrected chi connectivity index (χ4v) is 4.13. The van der Waals surface area contributed by atoms with E-state index in [0.29, 0.717) is 12.8 Å². The van der Waals surface area contributed by atoms with Crippen molar-refractivity contribution in [3.63, 3.8) is 0 Å². The topological polar surface area (TPSA) is 32.3 Å². The summed E-state index contributed by atoms with van der Waals surface area (Å²) < 4.78 is 40.6. The Labute approximate surface area is 150 Å². The van der Waals surface area contributed by atoms with Gasteiger partial charge in [-0.05, 0) is 42.7 Å². The van der Waals surface area contributed by atoms with Crippen LogP contribution in [0.15, 0.2) is 22.7 Å². The lowest BCUT2D eigenvalue weighted by molar-refractivity contribution is -0.139. The molecule has 1 aromatic carbocycles. The number of nitrogens with zero attached hydrogens (tertiary/aromatic N) is 1. The van der Waals surface area contributed by atoms with Crippen molar-refractivity contribution in [2.75, 3.05) is 13.3 Å². The Morgan fingerprint density at radius 3 is 2.12 bits per heavy atom. The number of thioether (sulfide) groups is 1. The molecule has 0 bridgehead atoms. The zero-order valence-corrected chi connectivity index (χ0v) is 15.9. The Kier molecular flexibility index (Phi) is 5.76. The van der Waals surface area contributed by atoms with Gasteiger partial charge >= 0.3 is 6.18 Å². The summed E-state index contributed by atoms with van der Waals surface area (Å²) in [4.78, 5) is 12.9. The Morgan fingerprint density at radius 2 is 1.72 bits per heavy atom. The molecule has 0 aromatic heterocycles. The third-order valence-corrected chi connectivity index (χ3v) is 5.29. The van der Waals surface area contributed by atoms with E-state index in [1.165, 1.54) is 7.05 Å². The molecule has 0 saturated heterocycles. The van der Waals surface area contributed by atoms with Gasteiger partial charge in [0.25, 0.3) is 5.91 Å². The lowest BCUT2D eigenvalue weighted by atomic mass is 9.84. The number of likely N-dealkylation sites (N-methyl/N-ethyl adjacent to an activating group) is 1. The number of hydrogen-bond acceptors (Lipinski definition) is 3. The van der Waals surface area contributed by atoms with Crippen molar-refractivity contribution in [1.29, 1.82) is 0 Å². The van der Waals surface area contributed by atoms with Crippen molar-refractivity contribution >= 4 is 17.7 Å². The number of carbonyl (C=O) groups is 1. The molecule has 0 radical (unpaired) electrons. The third kappa shape index (κ3) is 3.66. The predicted octanol–water partition coefficient (Wildman–Crippen LogP) is 4.32. The highest BCUT2D eigenvalue weighted by atomic mass is 32.2. The molecule has 1 atom stereocenters. The van der Waals surface area contributed by atoms with Crippen LogP contribution in [0.4, 0.5) is 13.2 Å². The quantitative estimate of drug-likeness (QED) is 0.854. The van der Waals surface area contributed by atoms with Crippen molar-refractivity contribution in [3.05, 3.63) is 45.0 Å². The number of hydrazine groups is 1. The molecule has 25 heavy (non-hydrogen) atoms. The number of alkyl halides is 3. The summed E-state index contributed by atoms with van der Waals surface area (Å²) in [7, 11) is 1.34. The summed E-state index contributed by atoms with van der Waals surface area (Å²) in [5, 5.41) is 0.950. The minimum atomic E-state index is -4.55. The molecule has 1 unspecified atom stereocenters. The molecule has 1 aliphatic rings. The average Bonchev–Trinajstić information content (AvgIpc) is 2.55. The standard InChI is InChI=1S/C18H23F3N2OS/c1-6-11-8-10(3)9-12(7-2)13(11)14-15(25-5)16(18(19,20)21)22-23(4)17(14)24/h8-9,14,22H,6-7H2,1-5H3. The average molecular weight is 372 g/mol. The second-order valence-electron chi connectivity index (χ2n) is 6.09. The molecule has 2 rings (SSSR count). The number of amides is 1. The van der Waals surface area contributed by atoms with Crippen molar-refractivity contribution in [1.82, 2.24) is 10.4 Å². The largest absolute Gasteiger partial charge is 0.433 e. The van der Waals surface area contributed by atoms with Crippen LogP contribution in [0.3, 0.4) is 0 Å². The van der Waals surface area contributed by atoms with E-state index in [-0.39, 0.29) is 10.8 Å². The van der Waals surface area contributed by atoms with Crippen LogP contribution >= 0.6 is 11.8 Å². The smallest absolute Gasteiger partial charge is 0.291 e. The number of hydrogen-bond donors (Lipinski definition) is 1. The van der Waals surface area contributed by atoms with Gasteiger partial charge in [0.2, 0.25) is 0 Å². The van der Waals surface area contributed by atoms with Crippen LogP contribution in [0, 0.1) is 6.92 Å². The molecule has 0 spiro atoms. The Morgan fingerprint density at radius 1 is 1.20 bits per heavy atom. The summed E-state index contributed by atoms with van der Waals surface area (Å²) >= 11 is 0.982. The fourth-order valence-electron chi connectivity index (χ4n) is 3.31. The third-order valence-electron chi connectivity index (χ3n) is 4.42. The van der Waals surface area contributed by atoms with Gasteiger partial charge in [-0.25, -0.2) is 0 Å². The Balaban J connectivity index is 2.80. The van der Waals surface area contributed by atoms with Crippen LogP contribution in [-0.2, 0) is 17.6 Å². The van der Waals surface area contributed by atoms with E-state index in [0.717, 1.165) is 39.0 Å². The SMILES string of the molecule is CCc1cc(C)cc(CC)c1C1C(=O)N(C)NC(C(F)(F)F)=C1SC. The maximum Gasteiger partial charge on any atom is 0.433 e. The highest BCUT2D eigenvalue weighted by Crippen LogP contribution is 2.44. The van der Waals surface area contributed by atoms with E-state index >= 15 is 0 Å². The molecule has 138 valence electrons. The first-order chi connectivity index (χ1) is 11.6. The van der Waals surface area contributed by atoms with Gasteiger partial charge in [0.1, 0.15) is 5.70 Å². The van der Waals surface area contributed by atoms with Crippen molar-refractivity contribution < 1.29 is 18.0 Å². The van der Waals surface area contributed by atoms with Gasteiger partial charge in [0.15, 0.2) is 0 Å². The first-order valence-corrected chi connectivity index (χ1v) is 9.39. The van der Waals surface area contributed by atoms with Crippen molar-refractivity contribution in [2.24, 2.45) is 0 Å². The number of benzene rings is 1. The van der Waals surface area contributed by atoms with Gasteiger partial charge in [0.05, 0.1) is 5.92 Å². The number of carbonyl (C=O) groups excluding carboxylic acids is 1. The molecule has 7 heteroatoms. The van der Waals surface area contributed by atoms with E-state index < -0.39 is 17.8 Å². The molecule has 3 nitrogen and oxygen atoms in total. The maximum absolute atomic E-state index is 13.5. The second-order valence-corrected chi connectivity index (χ2v) is 6.94. The van der Waals surface area contributed by atoms with Crippen LogP contribution in [0.2, 0.25) is 0 Å². The first kappa shape index (κ1) is 19.7. The summed E-state index contributed by atoms with van der Waals surface area (Å²) in [6.07, 6.45) is -1.64. The maximum atomic E-state index is 13.5. The zero-order chi connectivity index (χ0) is 18.9. The van der Waals surface area contributed by atoms with E-state index in [9.17, 15) is 18.0 Å². The molecule has 1 aromatic rings. The van der Waals surface area contributed by atoms with E-state index in [4.69, 9.17) is 0 Å². The fraction of sp³-hybridized carbons (Fsp3) is 0.500. The van der Waals surface area contributed by atoms with Gasteiger partial charge in [-0.3, -0.25) is 15.2 Å².